The van der Waals surface area contributed by atoms with E-state index < -0.39 is 24.6 Å². The Balaban J connectivity index is 2.14. The Morgan fingerprint density at radius 3 is 2.55 bits per heavy atom. The van der Waals surface area contributed by atoms with E-state index in [0.29, 0.717) is 0 Å². The Morgan fingerprint density at radius 1 is 1.18 bits per heavy atom. The summed E-state index contributed by atoms with van der Waals surface area (Å²) in [6.45, 7) is 1.11. The number of carbonyl (C=O) groups excluding carboxylic acids is 1. The van der Waals surface area contributed by atoms with Gasteiger partial charge in [0, 0.05) is 0 Å². The number of fused-ring (bicyclic) bond motifs is 1. The van der Waals surface area contributed by atoms with Gasteiger partial charge in [-0.1, -0.05) is 24.3 Å². The highest BCUT2D eigenvalue weighted by molar-refractivity contribution is 5.86. The molecule has 0 heterocycles. The molecule has 0 aromatic heterocycles. The first-order valence-electron chi connectivity index (χ1n) is 7.08. The Morgan fingerprint density at radius 2 is 1.86 bits per heavy atom. The van der Waals surface area contributed by atoms with E-state index in [0.717, 1.165) is 22.1 Å². The number of methoxy groups -OCH3 is 1. The van der Waals surface area contributed by atoms with Crippen LogP contribution in [0.1, 0.15) is 18.4 Å². The van der Waals surface area contributed by atoms with Crippen molar-refractivity contribution in [1.82, 2.24) is 0 Å². The van der Waals surface area contributed by atoms with Gasteiger partial charge < -0.3 is 19.7 Å². The molecular weight excluding hydrogens is 284 g/mol. The van der Waals surface area contributed by atoms with Gasteiger partial charge in [-0.15, -0.1) is 0 Å². The molecule has 2 atom stereocenters. The van der Waals surface area contributed by atoms with E-state index in [4.69, 9.17) is 14.6 Å². The summed E-state index contributed by atoms with van der Waals surface area (Å²) < 4.78 is 10.2. The van der Waals surface area contributed by atoms with E-state index in [1.807, 2.05) is 36.4 Å². The average molecular weight is 304 g/mol. The number of rotatable bonds is 6. The van der Waals surface area contributed by atoms with Crippen LogP contribution in [0.3, 0.4) is 0 Å². The number of carbonyl (C=O) groups is 1. The zero-order chi connectivity index (χ0) is 16.1. The molecule has 0 aliphatic carbocycles. The molecule has 0 bridgehead atoms. The largest absolute Gasteiger partial charge is 0.497 e. The number of hydrogen-bond donors (Lipinski definition) is 2. The first-order valence-corrected chi connectivity index (χ1v) is 7.08. The minimum atomic E-state index is -1.04. The van der Waals surface area contributed by atoms with Crippen LogP contribution in [-0.2, 0) is 9.53 Å². The van der Waals surface area contributed by atoms with Gasteiger partial charge in [0.15, 0.2) is 0 Å². The Bertz CT molecular complexity index is 653. The summed E-state index contributed by atoms with van der Waals surface area (Å²) in [5.41, 5.74) is 0.834. The highest BCUT2D eigenvalue weighted by atomic mass is 16.5. The monoisotopic (exact) mass is 304 g/mol. The van der Waals surface area contributed by atoms with Crippen molar-refractivity contribution in [3.05, 3.63) is 42.0 Å². The smallest absolute Gasteiger partial charge is 0.313 e. The van der Waals surface area contributed by atoms with Gasteiger partial charge in [-0.3, -0.25) is 4.79 Å². The summed E-state index contributed by atoms with van der Waals surface area (Å²) in [5.74, 6) is -0.0940. The molecule has 0 saturated carbocycles. The molecule has 2 aromatic rings. The molecule has 0 spiro atoms. The number of aliphatic hydroxyl groups is 2. The van der Waals surface area contributed by atoms with Crippen molar-refractivity contribution in [1.29, 1.82) is 0 Å². The van der Waals surface area contributed by atoms with E-state index in [1.165, 1.54) is 0 Å². The first kappa shape index (κ1) is 16.3. The van der Waals surface area contributed by atoms with Crippen molar-refractivity contribution >= 4 is 16.7 Å². The topological polar surface area (TPSA) is 76.0 Å². The fraction of sp³-hybridized carbons (Fsp3) is 0.353. The van der Waals surface area contributed by atoms with Crippen LogP contribution < -0.4 is 4.74 Å². The summed E-state index contributed by atoms with van der Waals surface area (Å²) in [6.07, 6.45) is -1.04. The third kappa shape index (κ3) is 3.75. The molecule has 0 radical (unpaired) electrons. The maximum absolute atomic E-state index is 12.0. The molecular formula is C17H20O5. The van der Waals surface area contributed by atoms with Crippen molar-refractivity contribution < 1.29 is 24.5 Å². The Hall–Kier alpha value is -2.11. The second-order valence-corrected chi connectivity index (χ2v) is 5.16. The summed E-state index contributed by atoms with van der Waals surface area (Å²) in [6, 6.07) is 11.5. The van der Waals surface area contributed by atoms with Crippen LogP contribution in [0.2, 0.25) is 0 Å². The van der Waals surface area contributed by atoms with E-state index in [2.05, 4.69) is 0 Å². The Labute approximate surface area is 129 Å². The number of ether oxygens (including phenoxy) is 2. The van der Waals surface area contributed by atoms with Gasteiger partial charge in [0.2, 0.25) is 0 Å². The molecule has 22 heavy (non-hydrogen) atoms. The van der Waals surface area contributed by atoms with Crippen LogP contribution >= 0.6 is 0 Å². The number of esters is 1. The number of hydrogen-bond acceptors (Lipinski definition) is 5. The van der Waals surface area contributed by atoms with Crippen molar-refractivity contribution in [3.63, 3.8) is 0 Å². The summed E-state index contributed by atoms with van der Waals surface area (Å²) in [5, 5.41) is 20.0. The van der Waals surface area contributed by atoms with E-state index in [1.54, 1.807) is 14.0 Å². The maximum Gasteiger partial charge on any atom is 0.313 e. The molecule has 0 fully saturated rings. The lowest BCUT2D eigenvalue weighted by Gasteiger charge is -2.14. The van der Waals surface area contributed by atoms with Gasteiger partial charge in [0.05, 0.1) is 19.6 Å². The maximum atomic E-state index is 12.0. The average Bonchev–Trinajstić information content (AvgIpc) is 2.57. The second kappa shape index (κ2) is 7.24. The molecule has 2 rings (SSSR count). The minimum Gasteiger partial charge on any atom is -0.497 e. The van der Waals surface area contributed by atoms with Crippen LogP contribution in [0.15, 0.2) is 36.4 Å². The van der Waals surface area contributed by atoms with Gasteiger partial charge in [-0.2, -0.15) is 0 Å². The third-order valence-corrected chi connectivity index (χ3v) is 3.55. The van der Waals surface area contributed by atoms with Gasteiger partial charge in [0.1, 0.15) is 18.5 Å². The fourth-order valence-corrected chi connectivity index (χ4v) is 2.13. The predicted octanol–water partition coefficient (Wildman–Crippen LogP) is 1.85. The lowest BCUT2D eigenvalue weighted by Crippen LogP contribution is -2.24. The lowest BCUT2D eigenvalue weighted by atomic mass is 9.98. The zero-order valence-corrected chi connectivity index (χ0v) is 12.7. The highest BCUT2D eigenvalue weighted by Gasteiger charge is 2.18. The lowest BCUT2D eigenvalue weighted by molar-refractivity contribution is -0.148. The zero-order valence-electron chi connectivity index (χ0n) is 12.7. The molecule has 5 heteroatoms. The molecule has 118 valence electrons. The molecule has 1 unspecified atom stereocenters. The fourth-order valence-electron chi connectivity index (χ4n) is 2.13. The van der Waals surface area contributed by atoms with E-state index in [9.17, 15) is 9.90 Å². The standard InChI is InChI=1S/C17H20O5/c1-11(17(20)22-10-15(19)9-18)12-3-4-14-8-16(21-2)6-5-13(14)7-12/h3-8,11,15,18-19H,9-10H2,1-2H3/t11-,15?/m1/s1. The number of benzene rings is 2. The van der Waals surface area contributed by atoms with Crippen molar-refractivity contribution in [2.75, 3.05) is 20.3 Å². The van der Waals surface area contributed by atoms with Crippen molar-refractivity contribution in [3.8, 4) is 5.75 Å². The van der Waals surface area contributed by atoms with Crippen LogP contribution in [0.4, 0.5) is 0 Å². The van der Waals surface area contributed by atoms with Crippen LogP contribution in [0.5, 0.6) is 5.75 Å². The van der Waals surface area contributed by atoms with E-state index >= 15 is 0 Å². The van der Waals surface area contributed by atoms with Gasteiger partial charge in [-0.05, 0) is 35.4 Å². The molecule has 0 aliphatic rings. The summed E-state index contributed by atoms with van der Waals surface area (Å²) in [4.78, 5) is 12.0. The Kier molecular flexibility index (Phi) is 5.35. The second-order valence-electron chi connectivity index (χ2n) is 5.16. The number of aliphatic hydroxyl groups excluding tert-OH is 2. The van der Waals surface area contributed by atoms with Gasteiger partial charge in [0.25, 0.3) is 0 Å². The third-order valence-electron chi connectivity index (χ3n) is 3.55. The normalized spacial score (nSPS) is 13.6. The van der Waals surface area contributed by atoms with Gasteiger partial charge in [-0.25, -0.2) is 0 Å². The van der Waals surface area contributed by atoms with Crippen LogP contribution in [0, 0.1) is 0 Å². The molecule has 0 amide bonds. The van der Waals surface area contributed by atoms with Gasteiger partial charge >= 0.3 is 5.97 Å². The molecule has 0 saturated heterocycles. The molecule has 2 aromatic carbocycles. The summed E-state index contributed by atoms with van der Waals surface area (Å²) >= 11 is 0. The molecule has 2 N–H and O–H groups in total. The predicted molar refractivity (Wildman–Crippen MR) is 83.0 cm³/mol. The SMILES string of the molecule is COc1ccc2cc([C@@H](C)C(=O)OCC(O)CO)ccc2c1. The van der Waals surface area contributed by atoms with Crippen LogP contribution in [0.25, 0.3) is 10.8 Å². The van der Waals surface area contributed by atoms with Crippen molar-refractivity contribution in [2.45, 2.75) is 18.9 Å². The molecule has 0 aliphatic heterocycles. The van der Waals surface area contributed by atoms with Crippen LogP contribution in [-0.4, -0.2) is 42.6 Å². The van der Waals surface area contributed by atoms with Crippen molar-refractivity contribution in [2.24, 2.45) is 0 Å². The first-order chi connectivity index (χ1) is 10.5. The minimum absolute atomic E-state index is 0.204. The summed E-state index contributed by atoms with van der Waals surface area (Å²) in [7, 11) is 1.62. The quantitative estimate of drug-likeness (QED) is 0.797. The molecule has 5 nitrogen and oxygen atoms in total. The van der Waals surface area contributed by atoms with E-state index in [-0.39, 0.29) is 6.61 Å². The highest BCUT2D eigenvalue weighted by Crippen LogP contribution is 2.25.